The van der Waals surface area contributed by atoms with E-state index in [1.54, 1.807) is 89.9 Å². The molecule has 2 saturated heterocycles. The Morgan fingerprint density at radius 1 is 0.320 bits per heavy atom. The first-order chi connectivity index (χ1) is 24.8. The van der Waals surface area contributed by atoms with Gasteiger partial charge >= 0.3 is 0 Å². The molecule has 2 heterocycles. The number of nitrogens with zero attached hydrogens (tertiary/aromatic N) is 2. The molecule has 10 aliphatic rings. The molecular formula is C46H78N4. The van der Waals surface area contributed by atoms with Crippen LogP contribution >= 0.6 is 0 Å². The first kappa shape index (κ1) is 34.3. The molecule has 4 heteroatoms. The van der Waals surface area contributed by atoms with Gasteiger partial charge in [-0.2, -0.15) is 0 Å². The van der Waals surface area contributed by atoms with E-state index in [4.69, 9.17) is 0 Å². The lowest BCUT2D eigenvalue weighted by atomic mass is 9.46. The van der Waals surface area contributed by atoms with Gasteiger partial charge in [-0.15, -0.1) is 0 Å². The van der Waals surface area contributed by atoms with Crippen molar-refractivity contribution < 1.29 is 0 Å². The lowest BCUT2D eigenvalue weighted by Crippen LogP contribution is -2.66. The summed E-state index contributed by atoms with van der Waals surface area (Å²) in [6, 6.07) is 3.47. The van der Waals surface area contributed by atoms with Crippen molar-refractivity contribution in [2.45, 2.75) is 216 Å². The Balaban J connectivity index is 0.931. The third-order valence-electron chi connectivity index (χ3n) is 18.8. The number of piperidine rings is 2. The van der Waals surface area contributed by atoms with Crippen LogP contribution in [0, 0.1) is 59.2 Å². The third-order valence-corrected chi connectivity index (χ3v) is 18.8. The van der Waals surface area contributed by atoms with Gasteiger partial charge in [-0.05, 0) is 201 Å². The predicted molar refractivity (Wildman–Crippen MR) is 207 cm³/mol. The largest absolute Gasteiger partial charge is 0.302 e. The van der Waals surface area contributed by atoms with E-state index in [0.29, 0.717) is 12.3 Å². The SMILES string of the molecule is C1CCC(N(C2CCC3CCCCC3C2)C2CCC3CCC4C5C(CCC2C35)CCC4N(C2CCC3CCCCC3C2)C2CCCCN2)NC1. The summed E-state index contributed by atoms with van der Waals surface area (Å²) >= 11 is 0. The molecule has 0 aromatic heterocycles. The van der Waals surface area contributed by atoms with Gasteiger partial charge in [0.2, 0.25) is 0 Å². The summed E-state index contributed by atoms with van der Waals surface area (Å²) in [5.74, 6) is 10.4. The number of fused-ring (bicyclic) bond motifs is 2. The predicted octanol–water partition coefficient (Wildman–Crippen LogP) is 10.1. The maximum Gasteiger partial charge on any atom is 0.0602 e. The molecule has 0 aromatic rings. The minimum Gasteiger partial charge on any atom is -0.302 e. The summed E-state index contributed by atoms with van der Waals surface area (Å²) in [7, 11) is 0. The Labute approximate surface area is 308 Å². The van der Waals surface area contributed by atoms with Gasteiger partial charge in [0, 0.05) is 24.2 Å². The second-order valence-corrected chi connectivity index (χ2v) is 20.8. The van der Waals surface area contributed by atoms with Gasteiger partial charge < -0.3 is 10.6 Å². The van der Waals surface area contributed by atoms with Gasteiger partial charge in [-0.25, -0.2) is 0 Å². The van der Waals surface area contributed by atoms with Crippen LogP contribution in [0.4, 0.5) is 0 Å². The van der Waals surface area contributed by atoms with Gasteiger partial charge in [0.25, 0.3) is 0 Å². The fourth-order valence-corrected chi connectivity index (χ4v) is 16.9. The van der Waals surface area contributed by atoms with Crippen molar-refractivity contribution in [2.75, 3.05) is 13.1 Å². The van der Waals surface area contributed by atoms with Crippen molar-refractivity contribution in [1.82, 2.24) is 20.4 Å². The number of rotatable bonds is 6. The van der Waals surface area contributed by atoms with Crippen LogP contribution in [-0.2, 0) is 0 Å². The molecule has 8 aliphatic carbocycles. The summed E-state index contributed by atoms with van der Waals surface area (Å²) in [5.41, 5.74) is 0. The molecule has 16 unspecified atom stereocenters. The molecule has 0 spiro atoms. The Morgan fingerprint density at radius 3 is 1.16 bits per heavy atom. The molecule has 0 amide bonds. The summed E-state index contributed by atoms with van der Waals surface area (Å²) in [6.45, 7) is 2.54. The van der Waals surface area contributed by atoms with E-state index >= 15 is 0 Å². The van der Waals surface area contributed by atoms with Gasteiger partial charge in [0.15, 0.2) is 0 Å². The quantitative estimate of drug-likeness (QED) is 0.291. The number of hydrogen-bond acceptors (Lipinski definition) is 4. The molecule has 282 valence electrons. The van der Waals surface area contributed by atoms with E-state index < -0.39 is 0 Å². The van der Waals surface area contributed by atoms with Crippen LogP contribution in [0.5, 0.6) is 0 Å². The molecule has 50 heavy (non-hydrogen) atoms. The van der Waals surface area contributed by atoms with Crippen molar-refractivity contribution in [3.05, 3.63) is 0 Å². The number of hydrogen-bond donors (Lipinski definition) is 2. The molecule has 16 atom stereocenters. The summed E-state index contributed by atoms with van der Waals surface area (Å²) in [6.07, 6.45) is 43.9. The van der Waals surface area contributed by atoms with Crippen molar-refractivity contribution in [1.29, 1.82) is 0 Å². The smallest absolute Gasteiger partial charge is 0.0602 e. The highest BCUT2D eigenvalue weighted by atomic mass is 15.3. The van der Waals surface area contributed by atoms with Gasteiger partial charge in [0.1, 0.15) is 0 Å². The Hall–Kier alpha value is -0.160. The zero-order valence-corrected chi connectivity index (χ0v) is 32.3. The van der Waals surface area contributed by atoms with Gasteiger partial charge in [-0.1, -0.05) is 51.4 Å². The van der Waals surface area contributed by atoms with Crippen LogP contribution in [0.3, 0.4) is 0 Å². The third kappa shape index (κ3) is 6.42. The summed E-state index contributed by atoms with van der Waals surface area (Å²) < 4.78 is 0. The fraction of sp³-hybridized carbons (Fsp3) is 1.00. The maximum atomic E-state index is 4.20. The van der Waals surface area contributed by atoms with Gasteiger partial charge in [-0.3, -0.25) is 9.80 Å². The van der Waals surface area contributed by atoms with Crippen LogP contribution in [0.1, 0.15) is 180 Å². The molecule has 0 aromatic carbocycles. The molecule has 0 bridgehead atoms. The van der Waals surface area contributed by atoms with E-state index in [2.05, 4.69) is 20.4 Å². The van der Waals surface area contributed by atoms with E-state index in [-0.39, 0.29) is 0 Å². The second-order valence-electron chi connectivity index (χ2n) is 20.8. The lowest BCUT2D eigenvalue weighted by molar-refractivity contribution is -0.154. The molecule has 8 saturated carbocycles. The Bertz CT molecular complexity index is 1030. The summed E-state index contributed by atoms with van der Waals surface area (Å²) in [5, 5.41) is 8.40. The highest BCUT2D eigenvalue weighted by Crippen LogP contribution is 2.62. The molecule has 10 fully saturated rings. The van der Waals surface area contributed by atoms with Crippen LogP contribution in [0.25, 0.3) is 0 Å². The molecular weight excluding hydrogens is 609 g/mol. The molecule has 0 radical (unpaired) electrons. The second kappa shape index (κ2) is 15.2. The Kier molecular flexibility index (Phi) is 10.4. The van der Waals surface area contributed by atoms with Crippen LogP contribution in [0.2, 0.25) is 0 Å². The van der Waals surface area contributed by atoms with Gasteiger partial charge in [0.05, 0.1) is 12.3 Å². The molecule has 4 nitrogen and oxygen atoms in total. The standard InChI is InChI=1S/C46H78N4/c1-3-11-35-29-37(21-15-31(35)9-1)49(43-13-5-7-27-47-43)41-25-19-33-18-24-40-42(26-20-34-17-23-39(41)45(33)46(34)40)50(44-14-6-8-28-48-44)38-22-16-32-10-2-4-12-36(32)30-38/h31-48H,1-30H2. The average molecular weight is 687 g/mol. The van der Waals surface area contributed by atoms with Crippen LogP contribution in [-0.4, -0.2) is 59.4 Å². The zero-order valence-electron chi connectivity index (χ0n) is 32.3. The summed E-state index contributed by atoms with van der Waals surface area (Å²) in [4.78, 5) is 6.63. The Morgan fingerprint density at radius 2 is 0.720 bits per heavy atom. The highest BCUT2D eigenvalue weighted by Gasteiger charge is 2.59. The minimum atomic E-state index is 0.675. The zero-order chi connectivity index (χ0) is 33.0. The molecule has 10 rings (SSSR count). The van der Waals surface area contributed by atoms with Crippen molar-refractivity contribution in [3.63, 3.8) is 0 Å². The number of nitrogens with one attached hydrogen (secondary N) is 2. The molecule has 2 N–H and O–H groups in total. The molecule has 2 aliphatic heterocycles. The van der Waals surface area contributed by atoms with Crippen molar-refractivity contribution in [3.8, 4) is 0 Å². The minimum absolute atomic E-state index is 0.675. The van der Waals surface area contributed by atoms with E-state index in [9.17, 15) is 0 Å². The average Bonchev–Trinajstić information content (AvgIpc) is 3.19. The van der Waals surface area contributed by atoms with Crippen molar-refractivity contribution in [2.24, 2.45) is 59.2 Å². The first-order valence-electron chi connectivity index (χ1n) is 23.8. The lowest BCUT2D eigenvalue weighted by Gasteiger charge is -2.64. The van der Waals surface area contributed by atoms with E-state index in [0.717, 1.165) is 83.3 Å². The monoisotopic (exact) mass is 687 g/mol. The maximum absolute atomic E-state index is 4.20. The first-order valence-corrected chi connectivity index (χ1v) is 23.8. The van der Waals surface area contributed by atoms with Crippen LogP contribution in [0.15, 0.2) is 0 Å². The normalized spacial score (nSPS) is 51.0. The van der Waals surface area contributed by atoms with E-state index in [1.807, 2.05) is 0 Å². The van der Waals surface area contributed by atoms with Crippen molar-refractivity contribution >= 4 is 0 Å². The van der Waals surface area contributed by atoms with E-state index in [1.165, 1.54) is 103 Å². The fourth-order valence-electron chi connectivity index (χ4n) is 16.9. The highest BCUT2D eigenvalue weighted by molar-refractivity contribution is 5.10. The topological polar surface area (TPSA) is 30.5 Å². The van der Waals surface area contributed by atoms with Crippen LogP contribution < -0.4 is 10.6 Å².